The Morgan fingerprint density at radius 3 is 2.75 bits per heavy atom. The van der Waals surface area contributed by atoms with E-state index in [0.29, 0.717) is 0 Å². The van der Waals surface area contributed by atoms with Crippen LogP contribution in [0.2, 0.25) is 0 Å². The zero-order chi connectivity index (χ0) is 16.6. The summed E-state index contributed by atoms with van der Waals surface area (Å²) < 4.78 is 1.07. The summed E-state index contributed by atoms with van der Waals surface area (Å²) in [4.78, 5) is 13.0. The fourth-order valence-electron chi connectivity index (χ4n) is 4.20. The van der Waals surface area contributed by atoms with E-state index in [4.69, 9.17) is 0 Å². The van der Waals surface area contributed by atoms with Crippen molar-refractivity contribution in [1.82, 2.24) is 15.5 Å². The lowest BCUT2D eigenvalue weighted by atomic mass is 9.84. The molecule has 0 bridgehead atoms. The molecule has 1 amide bonds. The SMILES string of the molecule is O=C(NC1(c2ccc(Br)cc2)CCCC1)C1CCc2cn[nH]c2C1. The number of aromatic nitrogens is 2. The van der Waals surface area contributed by atoms with Crippen LogP contribution in [0.25, 0.3) is 0 Å². The third-order valence-electron chi connectivity index (χ3n) is 5.61. The molecule has 1 atom stereocenters. The van der Waals surface area contributed by atoms with Crippen LogP contribution in [-0.2, 0) is 23.2 Å². The molecule has 1 aromatic carbocycles. The monoisotopic (exact) mass is 387 g/mol. The highest BCUT2D eigenvalue weighted by molar-refractivity contribution is 9.10. The molecule has 0 saturated heterocycles. The predicted octanol–water partition coefficient (Wildman–Crippen LogP) is 3.86. The zero-order valence-electron chi connectivity index (χ0n) is 13.6. The Kier molecular flexibility index (Phi) is 4.21. The Labute approximate surface area is 150 Å². The Hall–Kier alpha value is -1.62. The zero-order valence-corrected chi connectivity index (χ0v) is 15.2. The van der Waals surface area contributed by atoms with E-state index in [1.54, 1.807) is 0 Å². The summed E-state index contributed by atoms with van der Waals surface area (Å²) in [6.45, 7) is 0. The molecule has 1 heterocycles. The van der Waals surface area contributed by atoms with Gasteiger partial charge in [0.05, 0.1) is 11.7 Å². The van der Waals surface area contributed by atoms with Gasteiger partial charge in [-0.25, -0.2) is 0 Å². The van der Waals surface area contributed by atoms with Crippen molar-refractivity contribution in [1.29, 1.82) is 0 Å². The van der Waals surface area contributed by atoms with Crippen molar-refractivity contribution in [3.63, 3.8) is 0 Å². The lowest BCUT2D eigenvalue weighted by molar-refractivity contribution is -0.127. The number of rotatable bonds is 3. The smallest absolute Gasteiger partial charge is 0.224 e. The molecule has 1 fully saturated rings. The Morgan fingerprint density at radius 2 is 2.00 bits per heavy atom. The molecule has 4 rings (SSSR count). The summed E-state index contributed by atoms with van der Waals surface area (Å²) in [7, 11) is 0. The fourth-order valence-corrected chi connectivity index (χ4v) is 4.47. The van der Waals surface area contributed by atoms with Crippen LogP contribution in [0.4, 0.5) is 0 Å². The molecule has 1 aromatic heterocycles. The van der Waals surface area contributed by atoms with E-state index in [1.165, 1.54) is 24.0 Å². The molecule has 1 saturated carbocycles. The molecule has 4 nitrogen and oxygen atoms in total. The van der Waals surface area contributed by atoms with Crippen LogP contribution in [0.5, 0.6) is 0 Å². The maximum atomic E-state index is 13.0. The number of amides is 1. The first-order valence-electron chi connectivity index (χ1n) is 8.75. The number of halogens is 1. The topological polar surface area (TPSA) is 57.8 Å². The quantitative estimate of drug-likeness (QED) is 0.839. The number of carbonyl (C=O) groups is 1. The van der Waals surface area contributed by atoms with Crippen molar-refractivity contribution >= 4 is 21.8 Å². The standard InChI is InChI=1S/C19H22BrN3O/c20-16-7-5-15(6-8-16)19(9-1-2-10-19)22-18(24)13-3-4-14-12-21-23-17(14)11-13/h5-8,12-13H,1-4,9-11H2,(H,21,23)(H,22,24). The molecular weight excluding hydrogens is 366 g/mol. The Bertz CT molecular complexity index is 731. The van der Waals surface area contributed by atoms with Crippen molar-refractivity contribution in [2.75, 3.05) is 0 Å². The van der Waals surface area contributed by atoms with Crippen molar-refractivity contribution in [2.24, 2.45) is 5.92 Å². The highest BCUT2D eigenvalue weighted by Crippen LogP contribution is 2.39. The number of aryl methyl sites for hydroxylation is 1. The maximum absolute atomic E-state index is 13.0. The van der Waals surface area contributed by atoms with Crippen LogP contribution in [0, 0.1) is 5.92 Å². The summed E-state index contributed by atoms with van der Waals surface area (Å²) in [5, 5.41) is 10.6. The molecule has 24 heavy (non-hydrogen) atoms. The van der Waals surface area contributed by atoms with E-state index in [0.717, 1.165) is 42.3 Å². The molecule has 126 valence electrons. The minimum absolute atomic E-state index is 0.0471. The maximum Gasteiger partial charge on any atom is 0.224 e. The first kappa shape index (κ1) is 15.9. The number of hydrogen-bond donors (Lipinski definition) is 2. The number of nitrogens with zero attached hydrogens (tertiary/aromatic N) is 1. The number of H-pyrrole nitrogens is 1. The summed E-state index contributed by atoms with van der Waals surface area (Å²) in [5.74, 6) is 0.242. The average Bonchev–Trinajstić information content (AvgIpc) is 3.24. The van der Waals surface area contributed by atoms with Crippen LogP contribution >= 0.6 is 15.9 Å². The predicted molar refractivity (Wildman–Crippen MR) is 96.5 cm³/mol. The van der Waals surface area contributed by atoms with Gasteiger partial charge in [0.15, 0.2) is 0 Å². The highest BCUT2D eigenvalue weighted by atomic mass is 79.9. The van der Waals surface area contributed by atoms with Gasteiger partial charge in [0.2, 0.25) is 5.91 Å². The first-order valence-corrected chi connectivity index (χ1v) is 9.55. The van der Waals surface area contributed by atoms with Crippen molar-refractivity contribution < 1.29 is 4.79 Å². The number of hydrogen-bond acceptors (Lipinski definition) is 2. The molecule has 0 aliphatic heterocycles. The van der Waals surface area contributed by atoms with Crippen LogP contribution in [0.15, 0.2) is 34.9 Å². The number of aromatic amines is 1. The van der Waals surface area contributed by atoms with Gasteiger partial charge < -0.3 is 5.32 Å². The van der Waals surface area contributed by atoms with E-state index in [2.05, 4.69) is 55.7 Å². The summed E-state index contributed by atoms with van der Waals surface area (Å²) in [5.41, 5.74) is 3.44. The van der Waals surface area contributed by atoms with Gasteiger partial charge in [-0.05, 0) is 48.9 Å². The normalized spacial score (nSPS) is 22.1. The van der Waals surface area contributed by atoms with Crippen LogP contribution in [-0.4, -0.2) is 16.1 Å². The minimum atomic E-state index is -0.188. The van der Waals surface area contributed by atoms with Gasteiger partial charge in [-0.1, -0.05) is 40.9 Å². The van der Waals surface area contributed by atoms with E-state index in [9.17, 15) is 4.79 Å². The van der Waals surface area contributed by atoms with E-state index in [1.807, 2.05) is 6.20 Å². The number of carbonyl (C=O) groups excluding carboxylic acids is 1. The Morgan fingerprint density at radius 1 is 1.25 bits per heavy atom. The third kappa shape index (κ3) is 2.90. The van der Waals surface area contributed by atoms with Gasteiger partial charge in [0.25, 0.3) is 0 Å². The van der Waals surface area contributed by atoms with Gasteiger partial charge in [-0.3, -0.25) is 9.89 Å². The molecule has 2 aliphatic carbocycles. The van der Waals surface area contributed by atoms with Crippen molar-refractivity contribution in [3.05, 3.63) is 51.8 Å². The molecule has 0 radical (unpaired) electrons. The van der Waals surface area contributed by atoms with Crippen LogP contribution in [0.3, 0.4) is 0 Å². The second-order valence-corrected chi connectivity index (χ2v) is 8.01. The van der Waals surface area contributed by atoms with E-state index in [-0.39, 0.29) is 17.4 Å². The van der Waals surface area contributed by atoms with Gasteiger partial charge in [0.1, 0.15) is 0 Å². The fraction of sp³-hybridized carbons (Fsp3) is 0.474. The number of benzene rings is 1. The lowest BCUT2D eigenvalue weighted by Crippen LogP contribution is -2.47. The van der Waals surface area contributed by atoms with E-state index < -0.39 is 0 Å². The minimum Gasteiger partial charge on any atom is -0.346 e. The van der Waals surface area contributed by atoms with E-state index >= 15 is 0 Å². The van der Waals surface area contributed by atoms with Gasteiger partial charge >= 0.3 is 0 Å². The summed E-state index contributed by atoms with van der Waals surface area (Å²) in [6, 6.07) is 8.42. The molecule has 2 aromatic rings. The average molecular weight is 388 g/mol. The number of fused-ring (bicyclic) bond motifs is 1. The summed E-state index contributed by atoms with van der Waals surface area (Å²) in [6.07, 6.45) is 8.92. The molecule has 5 heteroatoms. The lowest BCUT2D eigenvalue weighted by Gasteiger charge is -2.33. The number of nitrogens with one attached hydrogen (secondary N) is 2. The Balaban J connectivity index is 1.53. The molecule has 1 unspecified atom stereocenters. The van der Waals surface area contributed by atoms with Gasteiger partial charge in [0, 0.05) is 22.5 Å². The largest absolute Gasteiger partial charge is 0.346 e. The second-order valence-electron chi connectivity index (χ2n) is 7.10. The molecular formula is C19H22BrN3O. The van der Waals surface area contributed by atoms with Crippen LogP contribution < -0.4 is 5.32 Å². The molecule has 2 N–H and O–H groups in total. The summed E-state index contributed by atoms with van der Waals surface area (Å²) >= 11 is 3.50. The van der Waals surface area contributed by atoms with Crippen LogP contribution in [0.1, 0.15) is 48.9 Å². The first-order chi connectivity index (χ1) is 11.7. The van der Waals surface area contributed by atoms with Gasteiger partial charge in [-0.15, -0.1) is 0 Å². The highest BCUT2D eigenvalue weighted by Gasteiger charge is 2.39. The second kappa shape index (κ2) is 6.36. The third-order valence-corrected chi connectivity index (χ3v) is 6.14. The van der Waals surface area contributed by atoms with Crippen molar-refractivity contribution in [3.8, 4) is 0 Å². The molecule has 2 aliphatic rings. The molecule has 0 spiro atoms. The van der Waals surface area contributed by atoms with Crippen molar-refractivity contribution in [2.45, 2.75) is 50.5 Å². The van der Waals surface area contributed by atoms with Gasteiger partial charge in [-0.2, -0.15) is 5.10 Å².